The SMILES string of the molecule is CC(=O)N1CC[NH+](CC(=O)Nc2ccc(Br)cc2Br)CC1. The molecule has 1 aromatic carbocycles. The van der Waals surface area contributed by atoms with Gasteiger partial charge in [-0.05, 0) is 34.1 Å². The molecule has 0 unspecified atom stereocenters. The molecular weight excluding hydrogens is 402 g/mol. The fraction of sp³-hybridized carbons (Fsp3) is 0.429. The van der Waals surface area contributed by atoms with Gasteiger partial charge < -0.3 is 15.1 Å². The van der Waals surface area contributed by atoms with E-state index < -0.39 is 0 Å². The predicted octanol–water partition coefficient (Wildman–Crippen LogP) is 0.897. The molecule has 1 aliphatic rings. The van der Waals surface area contributed by atoms with Gasteiger partial charge in [-0.1, -0.05) is 15.9 Å². The largest absolute Gasteiger partial charge is 0.332 e. The standard InChI is InChI=1S/C14H17Br2N3O2/c1-10(20)19-6-4-18(5-7-19)9-14(21)17-13-3-2-11(15)8-12(13)16/h2-3,8H,4-7,9H2,1H3,(H,17,21)/p+1. The van der Waals surface area contributed by atoms with E-state index in [2.05, 4.69) is 37.2 Å². The van der Waals surface area contributed by atoms with Crippen LogP contribution in [-0.4, -0.2) is 49.4 Å². The highest BCUT2D eigenvalue weighted by molar-refractivity contribution is 9.11. The third-order valence-electron chi connectivity index (χ3n) is 3.53. The van der Waals surface area contributed by atoms with E-state index >= 15 is 0 Å². The molecule has 0 bridgehead atoms. The van der Waals surface area contributed by atoms with Gasteiger partial charge in [0, 0.05) is 15.9 Å². The fourth-order valence-corrected chi connectivity index (χ4v) is 3.47. The topological polar surface area (TPSA) is 53.9 Å². The van der Waals surface area contributed by atoms with Crippen molar-refractivity contribution in [2.75, 3.05) is 38.0 Å². The molecule has 21 heavy (non-hydrogen) atoms. The van der Waals surface area contributed by atoms with E-state index in [0.29, 0.717) is 6.54 Å². The number of rotatable bonds is 3. The number of hydrogen-bond donors (Lipinski definition) is 2. The normalized spacial score (nSPS) is 15.9. The minimum Gasteiger partial charge on any atom is -0.332 e. The van der Waals surface area contributed by atoms with Crippen molar-refractivity contribution in [3.8, 4) is 0 Å². The molecule has 5 nitrogen and oxygen atoms in total. The van der Waals surface area contributed by atoms with Crippen LogP contribution in [0.5, 0.6) is 0 Å². The number of benzene rings is 1. The van der Waals surface area contributed by atoms with Gasteiger partial charge >= 0.3 is 0 Å². The number of carbonyl (C=O) groups excluding carboxylic acids is 2. The first-order chi connectivity index (χ1) is 9.95. The van der Waals surface area contributed by atoms with Gasteiger partial charge in [0.25, 0.3) is 5.91 Å². The minimum absolute atomic E-state index is 0.00991. The summed E-state index contributed by atoms with van der Waals surface area (Å²) in [5, 5.41) is 2.91. The average Bonchev–Trinajstić information content (AvgIpc) is 2.42. The van der Waals surface area contributed by atoms with Crippen molar-refractivity contribution < 1.29 is 14.5 Å². The summed E-state index contributed by atoms with van der Waals surface area (Å²) < 4.78 is 1.81. The predicted molar refractivity (Wildman–Crippen MR) is 88.3 cm³/mol. The van der Waals surface area contributed by atoms with Crippen molar-refractivity contribution in [1.82, 2.24) is 4.90 Å². The fourth-order valence-electron chi connectivity index (χ4n) is 2.33. The first-order valence-electron chi connectivity index (χ1n) is 6.79. The van der Waals surface area contributed by atoms with Crippen molar-refractivity contribution in [3.05, 3.63) is 27.1 Å². The molecule has 0 aromatic heterocycles. The molecular formula is C14H18Br2N3O2+. The average molecular weight is 420 g/mol. The summed E-state index contributed by atoms with van der Waals surface area (Å²) in [4.78, 5) is 26.4. The number of amides is 2. The van der Waals surface area contributed by atoms with Crippen molar-refractivity contribution in [3.63, 3.8) is 0 Å². The van der Waals surface area contributed by atoms with E-state index in [1.54, 1.807) is 6.92 Å². The summed E-state index contributed by atoms with van der Waals surface area (Å²) in [7, 11) is 0. The molecule has 1 heterocycles. The number of hydrogen-bond acceptors (Lipinski definition) is 2. The van der Waals surface area contributed by atoms with Crippen molar-refractivity contribution in [2.24, 2.45) is 0 Å². The van der Waals surface area contributed by atoms with Gasteiger partial charge in [0.15, 0.2) is 6.54 Å². The number of nitrogens with zero attached hydrogens (tertiary/aromatic N) is 1. The zero-order chi connectivity index (χ0) is 15.4. The second-order valence-corrected chi connectivity index (χ2v) is 6.88. The van der Waals surface area contributed by atoms with Gasteiger partial charge in [-0.3, -0.25) is 9.59 Å². The summed E-state index contributed by atoms with van der Waals surface area (Å²) in [6.45, 7) is 5.08. The Kier molecular flexibility index (Phi) is 5.78. The Morgan fingerprint density at radius 2 is 1.95 bits per heavy atom. The number of piperazine rings is 1. The summed E-state index contributed by atoms with van der Waals surface area (Å²) >= 11 is 6.81. The molecule has 2 N–H and O–H groups in total. The highest BCUT2D eigenvalue weighted by Crippen LogP contribution is 2.25. The lowest BCUT2D eigenvalue weighted by molar-refractivity contribution is -0.895. The van der Waals surface area contributed by atoms with E-state index in [1.807, 2.05) is 23.1 Å². The third-order valence-corrected chi connectivity index (χ3v) is 4.68. The van der Waals surface area contributed by atoms with E-state index in [0.717, 1.165) is 40.8 Å². The molecule has 0 radical (unpaired) electrons. The van der Waals surface area contributed by atoms with Crippen molar-refractivity contribution in [1.29, 1.82) is 0 Å². The minimum atomic E-state index is -0.00991. The van der Waals surface area contributed by atoms with Crippen LogP contribution in [0.25, 0.3) is 0 Å². The number of halogens is 2. The Bertz CT molecular complexity index is 543. The molecule has 0 atom stereocenters. The molecule has 2 rings (SSSR count). The van der Waals surface area contributed by atoms with Gasteiger partial charge in [0.05, 0.1) is 31.9 Å². The summed E-state index contributed by atoms with van der Waals surface area (Å²) in [5.74, 6) is 0.0987. The maximum atomic E-state index is 12.1. The zero-order valence-electron chi connectivity index (χ0n) is 11.8. The van der Waals surface area contributed by atoms with Gasteiger partial charge in [-0.25, -0.2) is 0 Å². The lowest BCUT2D eigenvalue weighted by Crippen LogP contribution is -3.15. The smallest absolute Gasteiger partial charge is 0.279 e. The van der Waals surface area contributed by atoms with Gasteiger partial charge in [0.2, 0.25) is 5.91 Å². The van der Waals surface area contributed by atoms with Crippen LogP contribution in [0, 0.1) is 0 Å². The van der Waals surface area contributed by atoms with Crippen LogP contribution >= 0.6 is 31.9 Å². The van der Waals surface area contributed by atoms with E-state index in [1.165, 1.54) is 4.90 Å². The third kappa shape index (κ3) is 4.79. The molecule has 2 amide bonds. The summed E-state index contributed by atoms with van der Waals surface area (Å²) in [6, 6.07) is 5.64. The monoisotopic (exact) mass is 418 g/mol. The Labute approximate surface area is 140 Å². The Balaban J connectivity index is 1.84. The van der Waals surface area contributed by atoms with Gasteiger partial charge in [0.1, 0.15) is 0 Å². The van der Waals surface area contributed by atoms with Gasteiger partial charge in [-0.2, -0.15) is 0 Å². The maximum Gasteiger partial charge on any atom is 0.279 e. The number of anilines is 1. The van der Waals surface area contributed by atoms with Crippen molar-refractivity contribution in [2.45, 2.75) is 6.92 Å². The van der Waals surface area contributed by atoms with Crippen LogP contribution < -0.4 is 10.2 Å². The number of carbonyl (C=O) groups is 2. The molecule has 0 aliphatic carbocycles. The molecule has 1 saturated heterocycles. The van der Waals surface area contributed by atoms with Crippen LogP contribution in [0.15, 0.2) is 27.1 Å². The molecule has 0 spiro atoms. The lowest BCUT2D eigenvalue weighted by Gasteiger charge is -2.31. The maximum absolute atomic E-state index is 12.1. The number of nitrogens with one attached hydrogen (secondary N) is 2. The second kappa shape index (κ2) is 7.38. The highest BCUT2D eigenvalue weighted by Gasteiger charge is 2.23. The highest BCUT2D eigenvalue weighted by atomic mass is 79.9. The molecule has 1 aromatic rings. The van der Waals surface area contributed by atoms with Gasteiger partial charge in [-0.15, -0.1) is 0 Å². The van der Waals surface area contributed by atoms with Crippen LogP contribution in [0.3, 0.4) is 0 Å². The molecule has 1 fully saturated rings. The molecule has 1 aliphatic heterocycles. The Morgan fingerprint density at radius 1 is 1.29 bits per heavy atom. The van der Waals surface area contributed by atoms with E-state index in [9.17, 15) is 9.59 Å². The number of quaternary nitrogens is 1. The first-order valence-corrected chi connectivity index (χ1v) is 8.38. The first kappa shape index (κ1) is 16.5. The molecule has 114 valence electrons. The van der Waals surface area contributed by atoms with E-state index in [4.69, 9.17) is 0 Å². The van der Waals surface area contributed by atoms with Crippen molar-refractivity contribution >= 4 is 49.4 Å². The zero-order valence-corrected chi connectivity index (χ0v) is 15.0. The van der Waals surface area contributed by atoms with Crippen LogP contribution in [0.4, 0.5) is 5.69 Å². The second-order valence-electron chi connectivity index (χ2n) is 5.11. The lowest BCUT2D eigenvalue weighted by atomic mass is 10.3. The van der Waals surface area contributed by atoms with Crippen LogP contribution in [-0.2, 0) is 9.59 Å². The van der Waals surface area contributed by atoms with Crippen LogP contribution in [0.1, 0.15) is 6.92 Å². The molecule has 7 heteroatoms. The Morgan fingerprint density at radius 3 is 2.52 bits per heavy atom. The quantitative estimate of drug-likeness (QED) is 0.764. The molecule has 0 saturated carbocycles. The summed E-state index contributed by atoms with van der Waals surface area (Å²) in [5.41, 5.74) is 0.768. The Hall–Kier alpha value is -0.920. The summed E-state index contributed by atoms with van der Waals surface area (Å²) in [6.07, 6.45) is 0. The van der Waals surface area contributed by atoms with E-state index in [-0.39, 0.29) is 11.8 Å². The van der Waals surface area contributed by atoms with Crippen LogP contribution in [0.2, 0.25) is 0 Å².